The number of rotatable bonds is 8. The molecule has 0 bridgehead atoms. The number of primary amides is 1. The van der Waals surface area contributed by atoms with Crippen LogP contribution in [-0.2, 0) is 0 Å². The number of hydrogen-bond acceptors (Lipinski definition) is 6. The lowest BCUT2D eigenvalue weighted by Gasteiger charge is -2.11. The summed E-state index contributed by atoms with van der Waals surface area (Å²) in [5, 5.41) is 0. The highest BCUT2D eigenvalue weighted by atomic mass is 16.7. The van der Waals surface area contributed by atoms with E-state index in [2.05, 4.69) is 0 Å². The molecule has 0 spiro atoms. The average Bonchev–Trinajstić information content (AvgIpc) is 3.09. The Morgan fingerprint density at radius 1 is 1.04 bits per heavy atom. The maximum atomic E-state index is 11.5. The summed E-state index contributed by atoms with van der Waals surface area (Å²) < 4.78 is 26.9. The van der Waals surface area contributed by atoms with Crippen molar-refractivity contribution in [3.63, 3.8) is 0 Å². The first-order valence-electron chi connectivity index (χ1n) is 7.80. The van der Waals surface area contributed by atoms with Gasteiger partial charge in [-0.15, -0.1) is 0 Å². The van der Waals surface area contributed by atoms with Crippen molar-refractivity contribution in [2.75, 3.05) is 27.1 Å². The second-order valence-electron chi connectivity index (χ2n) is 5.29. The van der Waals surface area contributed by atoms with Crippen LogP contribution in [0.2, 0.25) is 0 Å². The lowest BCUT2D eigenvalue weighted by Crippen LogP contribution is -2.14. The van der Waals surface area contributed by atoms with E-state index in [-0.39, 0.29) is 12.4 Å². The van der Waals surface area contributed by atoms with Crippen LogP contribution in [0.1, 0.15) is 16.8 Å². The number of methoxy groups -OCH3 is 1. The fraction of sp³-hybridized carbons (Fsp3) is 0.278. The zero-order valence-electron chi connectivity index (χ0n) is 13.8. The van der Waals surface area contributed by atoms with E-state index in [9.17, 15) is 4.79 Å². The monoisotopic (exact) mass is 345 g/mol. The third-order valence-electron chi connectivity index (χ3n) is 3.61. The third-order valence-corrected chi connectivity index (χ3v) is 3.61. The second kappa shape index (κ2) is 7.65. The molecule has 0 fully saturated rings. The molecule has 7 nitrogen and oxygen atoms in total. The summed E-state index contributed by atoms with van der Waals surface area (Å²) in [6.45, 7) is 1.08. The van der Waals surface area contributed by atoms with Crippen molar-refractivity contribution >= 4 is 5.91 Å². The molecule has 0 unspecified atom stereocenters. The van der Waals surface area contributed by atoms with E-state index in [1.54, 1.807) is 24.3 Å². The minimum Gasteiger partial charge on any atom is -0.497 e. The molecule has 1 aliphatic heterocycles. The van der Waals surface area contributed by atoms with Crippen molar-refractivity contribution in [3.8, 4) is 28.7 Å². The number of hydrogen-bond donors (Lipinski definition) is 1. The number of amides is 1. The molecule has 0 aliphatic carbocycles. The summed E-state index contributed by atoms with van der Waals surface area (Å²) in [5.74, 6) is 2.51. The lowest BCUT2D eigenvalue weighted by atomic mass is 10.2. The van der Waals surface area contributed by atoms with Crippen LogP contribution in [0.4, 0.5) is 0 Å². The Hall–Kier alpha value is -3.09. The number of fused-ring (bicyclic) bond motifs is 1. The van der Waals surface area contributed by atoms with Gasteiger partial charge in [-0.3, -0.25) is 4.79 Å². The molecule has 3 rings (SSSR count). The third kappa shape index (κ3) is 4.06. The number of carbonyl (C=O) groups is 1. The molecular weight excluding hydrogens is 326 g/mol. The molecule has 0 saturated heterocycles. The minimum atomic E-state index is -0.564. The molecule has 0 saturated carbocycles. The quantitative estimate of drug-likeness (QED) is 0.739. The smallest absolute Gasteiger partial charge is 0.252 e. The molecule has 7 heteroatoms. The first kappa shape index (κ1) is 16.8. The molecule has 2 N–H and O–H groups in total. The summed E-state index contributed by atoms with van der Waals surface area (Å²) in [5.41, 5.74) is 5.66. The maximum Gasteiger partial charge on any atom is 0.252 e. The molecule has 1 aliphatic rings. The Morgan fingerprint density at radius 3 is 2.60 bits per heavy atom. The summed E-state index contributed by atoms with van der Waals surface area (Å²) >= 11 is 0. The number of ether oxygens (including phenoxy) is 5. The number of nitrogens with two attached hydrogens (primary N) is 1. The van der Waals surface area contributed by atoms with Crippen molar-refractivity contribution in [3.05, 3.63) is 42.0 Å². The van der Waals surface area contributed by atoms with E-state index in [0.717, 1.165) is 0 Å². The first-order chi connectivity index (χ1) is 12.2. The maximum absolute atomic E-state index is 11.5. The molecule has 0 aromatic heterocycles. The van der Waals surface area contributed by atoms with Crippen LogP contribution in [-0.4, -0.2) is 33.0 Å². The highest BCUT2D eigenvalue weighted by molar-refractivity contribution is 5.96. The number of carbonyl (C=O) groups excluding carboxylic acids is 1. The van der Waals surface area contributed by atoms with E-state index in [4.69, 9.17) is 29.4 Å². The van der Waals surface area contributed by atoms with Crippen molar-refractivity contribution < 1.29 is 28.5 Å². The summed E-state index contributed by atoms with van der Waals surface area (Å²) in [7, 11) is 1.52. The van der Waals surface area contributed by atoms with Gasteiger partial charge in [0.05, 0.1) is 25.9 Å². The number of benzene rings is 2. The summed E-state index contributed by atoms with van der Waals surface area (Å²) in [6, 6.07) is 10.4. The molecule has 1 amide bonds. The predicted molar refractivity (Wildman–Crippen MR) is 89.7 cm³/mol. The van der Waals surface area contributed by atoms with Gasteiger partial charge in [-0.1, -0.05) is 0 Å². The van der Waals surface area contributed by atoms with Gasteiger partial charge in [0.15, 0.2) is 11.5 Å². The van der Waals surface area contributed by atoms with Crippen LogP contribution in [0.25, 0.3) is 0 Å². The van der Waals surface area contributed by atoms with Gasteiger partial charge < -0.3 is 29.4 Å². The van der Waals surface area contributed by atoms with Crippen LogP contribution in [0, 0.1) is 0 Å². The standard InChI is InChI=1S/C18H19NO6/c1-21-12-3-5-15(14(9-12)18(19)20)23-8-2-7-22-13-4-6-16-17(10-13)25-11-24-16/h3-6,9-10H,2,7-8,11H2,1H3,(H2,19,20). The lowest BCUT2D eigenvalue weighted by molar-refractivity contribution is 0.0995. The van der Waals surface area contributed by atoms with E-state index in [0.29, 0.717) is 48.4 Å². The van der Waals surface area contributed by atoms with Crippen LogP contribution in [0.5, 0.6) is 28.7 Å². The van der Waals surface area contributed by atoms with Crippen molar-refractivity contribution in [1.82, 2.24) is 0 Å². The van der Waals surface area contributed by atoms with Crippen molar-refractivity contribution in [1.29, 1.82) is 0 Å². The molecule has 25 heavy (non-hydrogen) atoms. The van der Waals surface area contributed by atoms with Gasteiger partial charge in [-0.2, -0.15) is 0 Å². The fourth-order valence-electron chi connectivity index (χ4n) is 2.35. The topological polar surface area (TPSA) is 89.2 Å². The van der Waals surface area contributed by atoms with Crippen molar-refractivity contribution in [2.24, 2.45) is 5.73 Å². The van der Waals surface area contributed by atoms with Crippen LogP contribution >= 0.6 is 0 Å². The Labute approximate surface area is 145 Å². The summed E-state index contributed by atoms with van der Waals surface area (Å²) in [4.78, 5) is 11.5. The van der Waals surface area contributed by atoms with Crippen LogP contribution in [0.15, 0.2) is 36.4 Å². The molecular formula is C18H19NO6. The zero-order valence-corrected chi connectivity index (χ0v) is 13.8. The average molecular weight is 345 g/mol. The molecule has 2 aromatic carbocycles. The summed E-state index contributed by atoms with van der Waals surface area (Å²) in [6.07, 6.45) is 0.638. The molecule has 2 aromatic rings. The van der Waals surface area contributed by atoms with Crippen LogP contribution < -0.4 is 29.4 Å². The first-order valence-corrected chi connectivity index (χ1v) is 7.80. The second-order valence-corrected chi connectivity index (χ2v) is 5.29. The Morgan fingerprint density at radius 2 is 1.80 bits per heavy atom. The van der Waals surface area contributed by atoms with Gasteiger partial charge in [0.2, 0.25) is 6.79 Å². The Balaban J connectivity index is 1.48. The normalized spacial score (nSPS) is 11.9. The Bertz CT molecular complexity index is 761. The highest BCUT2D eigenvalue weighted by Gasteiger charge is 2.14. The van der Waals surface area contributed by atoms with E-state index >= 15 is 0 Å². The SMILES string of the molecule is COc1ccc(OCCCOc2ccc3c(c2)OCO3)c(C(N)=O)c1. The largest absolute Gasteiger partial charge is 0.497 e. The molecule has 0 atom stereocenters. The molecule has 1 heterocycles. The van der Waals surface area contributed by atoms with Gasteiger partial charge >= 0.3 is 0 Å². The van der Waals surface area contributed by atoms with E-state index in [1.165, 1.54) is 7.11 Å². The van der Waals surface area contributed by atoms with Crippen LogP contribution in [0.3, 0.4) is 0 Å². The minimum absolute atomic E-state index is 0.233. The van der Waals surface area contributed by atoms with E-state index in [1.807, 2.05) is 12.1 Å². The van der Waals surface area contributed by atoms with Gasteiger partial charge in [-0.05, 0) is 30.3 Å². The van der Waals surface area contributed by atoms with Gasteiger partial charge in [-0.25, -0.2) is 0 Å². The van der Waals surface area contributed by atoms with Gasteiger partial charge in [0.25, 0.3) is 5.91 Å². The van der Waals surface area contributed by atoms with Crippen molar-refractivity contribution in [2.45, 2.75) is 6.42 Å². The van der Waals surface area contributed by atoms with E-state index < -0.39 is 5.91 Å². The fourth-order valence-corrected chi connectivity index (χ4v) is 2.35. The van der Waals surface area contributed by atoms with Gasteiger partial charge in [0.1, 0.15) is 17.2 Å². The molecule has 0 radical (unpaired) electrons. The molecule has 132 valence electrons. The van der Waals surface area contributed by atoms with Gasteiger partial charge in [0, 0.05) is 12.5 Å². The highest BCUT2D eigenvalue weighted by Crippen LogP contribution is 2.35. The Kier molecular flexibility index (Phi) is 5.13. The predicted octanol–water partition coefficient (Wildman–Crippen LogP) is 2.37. The zero-order chi connectivity index (χ0) is 17.6.